The van der Waals surface area contributed by atoms with Gasteiger partial charge in [0, 0.05) is 13.0 Å². The lowest BCUT2D eigenvalue weighted by Crippen LogP contribution is -2.56. The first-order valence-electron chi connectivity index (χ1n) is 12.1. The van der Waals surface area contributed by atoms with Crippen molar-refractivity contribution >= 4 is 23.9 Å². The minimum Gasteiger partial charge on any atom is -0.476 e. The van der Waals surface area contributed by atoms with Crippen LogP contribution in [0.5, 0.6) is 0 Å². The van der Waals surface area contributed by atoms with Crippen molar-refractivity contribution in [2.24, 2.45) is 4.99 Å². The summed E-state index contributed by atoms with van der Waals surface area (Å²) in [5, 5.41) is 2.58. The molecule has 1 aromatic rings. The standard InChI is InChI=1S/C27H33N3O7/c1-5-15-35-19(3)22(28-26(33)36-16-6-2)24(31)30-14-10-13-21(30)23-29-27(18-37-23,25(32)34-4)17-20-11-8-7-9-12-20/h1,6-9,11-12,19,21-22H,2,10,13-18H2,3-4H3,(H,28,33)/t19?,21-,22-,27+/m0/s1. The molecule has 0 aliphatic carbocycles. The van der Waals surface area contributed by atoms with Crippen molar-refractivity contribution in [3.8, 4) is 12.3 Å². The molecule has 0 spiro atoms. The van der Waals surface area contributed by atoms with Crippen molar-refractivity contribution in [3.63, 3.8) is 0 Å². The zero-order chi connectivity index (χ0) is 26.8. The van der Waals surface area contributed by atoms with Gasteiger partial charge >= 0.3 is 12.1 Å². The summed E-state index contributed by atoms with van der Waals surface area (Å²) >= 11 is 0. The van der Waals surface area contributed by atoms with Crippen LogP contribution in [0.1, 0.15) is 25.3 Å². The van der Waals surface area contributed by atoms with E-state index in [-0.39, 0.29) is 25.7 Å². The number of rotatable bonds is 11. The first-order chi connectivity index (χ1) is 17.8. The first kappa shape index (κ1) is 27.7. The van der Waals surface area contributed by atoms with Crippen LogP contribution >= 0.6 is 0 Å². The average Bonchev–Trinajstić information content (AvgIpc) is 3.57. The number of ether oxygens (including phenoxy) is 4. The molecule has 0 saturated carbocycles. The average molecular weight is 512 g/mol. The highest BCUT2D eigenvalue weighted by atomic mass is 16.6. The number of esters is 1. The predicted octanol–water partition coefficient (Wildman–Crippen LogP) is 1.88. The number of carbonyl (C=O) groups is 3. The fraction of sp³-hybridized carbons (Fsp3) is 0.481. The van der Waals surface area contributed by atoms with Gasteiger partial charge in [0.25, 0.3) is 0 Å². The van der Waals surface area contributed by atoms with Crippen molar-refractivity contribution < 1.29 is 33.3 Å². The van der Waals surface area contributed by atoms with Gasteiger partial charge in [-0.25, -0.2) is 14.6 Å². The molecule has 1 unspecified atom stereocenters. The van der Waals surface area contributed by atoms with Gasteiger partial charge in [0.05, 0.1) is 13.2 Å². The lowest BCUT2D eigenvalue weighted by molar-refractivity contribution is -0.147. The molecule has 10 heteroatoms. The summed E-state index contributed by atoms with van der Waals surface area (Å²) in [6.07, 6.45) is 6.77. The van der Waals surface area contributed by atoms with E-state index in [9.17, 15) is 14.4 Å². The Morgan fingerprint density at radius 2 is 2.14 bits per heavy atom. The molecule has 4 atom stereocenters. The quantitative estimate of drug-likeness (QED) is 0.274. The van der Waals surface area contributed by atoms with Crippen LogP contribution in [0.15, 0.2) is 48.0 Å². The molecule has 2 heterocycles. The Kier molecular flexibility index (Phi) is 9.69. The van der Waals surface area contributed by atoms with E-state index in [1.165, 1.54) is 13.2 Å². The number of benzene rings is 1. The molecule has 198 valence electrons. The Morgan fingerprint density at radius 1 is 1.38 bits per heavy atom. The van der Waals surface area contributed by atoms with Crippen LogP contribution in [0.4, 0.5) is 4.79 Å². The Morgan fingerprint density at radius 3 is 2.81 bits per heavy atom. The molecule has 2 amide bonds. The summed E-state index contributed by atoms with van der Waals surface area (Å²) in [5.74, 6) is 1.74. The first-order valence-corrected chi connectivity index (χ1v) is 12.1. The normalized spacial score (nSPS) is 22.1. The van der Waals surface area contributed by atoms with Gasteiger partial charge in [-0.2, -0.15) is 0 Å². The number of hydrogen-bond acceptors (Lipinski definition) is 8. The number of nitrogens with one attached hydrogen (secondary N) is 1. The maximum atomic E-state index is 13.7. The second-order valence-corrected chi connectivity index (χ2v) is 8.84. The second-order valence-electron chi connectivity index (χ2n) is 8.84. The molecule has 0 bridgehead atoms. The number of terminal acetylenes is 1. The zero-order valence-electron chi connectivity index (χ0n) is 21.2. The van der Waals surface area contributed by atoms with E-state index in [1.54, 1.807) is 11.8 Å². The molecular weight excluding hydrogens is 478 g/mol. The van der Waals surface area contributed by atoms with Gasteiger partial charge < -0.3 is 29.2 Å². The van der Waals surface area contributed by atoms with E-state index in [1.807, 2.05) is 30.3 Å². The van der Waals surface area contributed by atoms with Crippen LogP contribution in [0.25, 0.3) is 0 Å². The molecule has 37 heavy (non-hydrogen) atoms. The van der Waals surface area contributed by atoms with Crippen LogP contribution in [0.2, 0.25) is 0 Å². The van der Waals surface area contributed by atoms with Crippen LogP contribution in [0, 0.1) is 12.3 Å². The van der Waals surface area contributed by atoms with Crippen molar-refractivity contribution in [2.75, 3.05) is 33.5 Å². The molecule has 3 rings (SSSR count). The van der Waals surface area contributed by atoms with E-state index < -0.39 is 41.7 Å². The molecular formula is C27H33N3O7. The van der Waals surface area contributed by atoms with Crippen LogP contribution in [-0.2, 0) is 35.0 Å². The molecule has 1 aromatic carbocycles. The molecule has 10 nitrogen and oxygen atoms in total. The maximum absolute atomic E-state index is 13.7. The van der Waals surface area contributed by atoms with Gasteiger partial charge in [0.15, 0.2) is 5.54 Å². The van der Waals surface area contributed by atoms with Gasteiger partial charge in [0.1, 0.15) is 31.9 Å². The van der Waals surface area contributed by atoms with Gasteiger partial charge in [-0.3, -0.25) is 4.79 Å². The highest BCUT2D eigenvalue weighted by Crippen LogP contribution is 2.31. The van der Waals surface area contributed by atoms with Gasteiger partial charge in [-0.15, -0.1) is 6.42 Å². The smallest absolute Gasteiger partial charge is 0.408 e. The number of hydrogen-bond donors (Lipinski definition) is 1. The third kappa shape index (κ3) is 6.68. The van der Waals surface area contributed by atoms with Gasteiger partial charge in [-0.1, -0.05) is 48.9 Å². The Balaban J connectivity index is 1.84. The van der Waals surface area contributed by atoms with E-state index >= 15 is 0 Å². The number of likely N-dealkylation sites (tertiary alicyclic amines) is 1. The third-order valence-electron chi connectivity index (χ3n) is 6.28. The fourth-order valence-electron chi connectivity index (χ4n) is 4.46. The van der Waals surface area contributed by atoms with E-state index in [2.05, 4.69) is 17.8 Å². The minimum absolute atomic E-state index is 0.000325. The summed E-state index contributed by atoms with van der Waals surface area (Å²) in [5.41, 5.74) is -0.347. The van der Waals surface area contributed by atoms with Crippen molar-refractivity contribution in [1.29, 1.82) is 0 Å². The second kappa shape index (κ2) is 12.9. The van der Waals surface area contributed by atoms with Crippen LogP contribution < -0.4 is 5.32 Å². The largest absolute Gasteiger partial charge is 0.476 e. The summed E-state index contributed by atoms with van der Waals surface area (Å²) in [4.78, 5) is 45.1. The molecule has 2 aliphatic rings. The lowest BCUT2D eigenvalue weighted by atomic mass is 9.92. The third-order valence-corrected chi connectivity index (χ3v) is 6.28. The molecule has 0 aromatic heterocycles. The highest BCUT2D eigenvalue weighted by Gasteiger charge is 2.49. The van der Waals surface area contributed by atoms with Crippen molar-refractivity contribution in [1.82, 2.24) is 10.2 Å². The monoisotopic (exact) mass is 511 g/mol. The maximum Gasteiger partial charge on any atom is 0.408 e. The van der Waals surface area contributed by atoms with E-state index in [4.69, 9.17) is 30.4 Å². The summed E-state index contributed by atoms with van der Waals surface area (Å²) in [6.45, 7) is 5.52. The number of carbonyl (C=O) groups excluding carboxylic acids is 3. The number of amides is 2. The van der Waals surface area contributed by atoms with E-state index in [0.717, 1.165) is 5.56 Å². The van der Waals surface area contributed by atoms with Crippen molar-refractivity contribution in [3.05, 3.63) is 48.6 Å². The molecule has 1 N–H and O–H groups in total. The van der Waals surface area contributed by atoms with Crippen molar-refractivity contribution in [2.45, 2.75) is 49.9 Å². The number of nitrogens with zero attached hydrogens (tertiary/aromatic N) is 2. The summed E-state index contributed by atoms with van der Waals surface area (Å²) in [6, 6.07) is 7.89. The van der Waals surface area contributed by atoms with Gasteiger partial charge in [0.2, 0.25) is 11.8 Å². The highest BCUT2D eigenvalue weighted by molar-refractivity contribution is 5.95. The lowest BCUT2D eigenvalue weighted by Gasteiger charge is -2.31. The molecule has 0 radical (unpaired) electrons. The molecule has 1 saturated heterocycles. The predicted molar refractivity (Wildman–Crippen MR) is 136 cm³/mol. The Hall–Kier alpha value is -3.84. The number of aliphatic imine (C=N–C) groups is 1. The number of methoxy groups -OCH3 is 1. The van der Waals surface area contributed by atoms with E-state index in [0.29, 0.717) is 25.8 Å². The van der Waals surface area contributed by atoms with Crippen LogP contribution in [-0.4, -0.2) is 86.0 Å². The molecule has 1 fully saturated rings. The Labute approximate surface area is 217 Å². The fourth-order valence-corrected chi connectivity index (χ4v) is 4.46. The number of alkyl carbamates (subject to hydrolysis) is 1. The Bertz CT molecular complexity index is 1050. The topological polar surface area (TPSA) is 116 Å². The SMILES string of the molecule is C#CCOC(C)[C@H](NC(=O)OCC=C)C(=O)N1CCC[C@H]1C1=N[C@@](Cc2ccccc2)(C(=O)OC)CO1. The van der Waals surface area contributed by atoms with Crippen LogP contribution in [0.3, 0.4) is 0 Å². The van der Waals surface area contributed by atoms with Gasteiger partial charge in [-0.05, 0) is 25.3 Å². The minimum atomic E-state index is -1.25. The summed E-state index contributed by atoms with van der Waals surface area (Å²) in [7, 11) is 1.31. The molecule has 2 aliphatic heterocycles. The zero-order valence-corrected chi connectivity index (χ0v) is 21.2. The summed E-state index contributed by atoms with van der Waals surface area (Å²) < 4.78 is 21.6.